The summed E-state index contributed by atoms with van der Waals surface area (Å²) in [6.07, 6.45) is 4.88. The molecular formula is C26H28ClN5O3. The lowest BCUT2D eigenvalue weighted by atomic mass is 9.99. The van der Waals surface area contributed by atoms with Crippen LogP contribution in [0, 0.1) is 0 Å². The Bertz CT molecular complexity index is 1260. The average molecular weight is 494 g/mol. The Hall–Kier alpha value is -3.36. The number of carbonyl (C=O) groups excluding carboxylic acids is 3. The minimum atomic E-state index is -0.257. The molecule has 0 bridgehead atoms. The molecule has 3 amide bonds. The van der Waals surface area contributed by atoms with E-state index < -0.39 is 0 Å². The summed E-state index contributed by atoms with van der Waals surface area (Å²) in [6.45, 7) is 2.02. The Morgan fingerprint density at radius 3 is 2.51 bits per heavy atom. The van der Waals surface area contributed by atoms with E-state index in [1.54, 1.807) is 35.4 Å². The molecule has 2 saturated heterocycles. The van der Waals surface area contributed by atoms with E-state index in [1.807, 2.05) is 18.2 Å². The van der Waals surface area contributed by atoms with Gasteiger partial charge in [-0.05, 0) is 62.2 Å². The van der Waals surface area contributed by atoms with Crippen molar-refractivity contribution < 1.29 is 14.4 Å². The number of benzene rings is 2. The van der Waals surface area contributed by atoms with Crippen LogP contribution >= 0.6 is 11.6 Å². The summed E-state index contributed by atoms with van der Waals surface area (Å²) in [5.74, 6) is -0.282. The molecule has 4 N–H and O–H groups in total. The summed E-state index contributed by atoms with van der Waals surface area (Å²) in [4.78, 5) is 42.9. The Labute approximate surface area is 208 Å². The van der Waals surface area contributed by atoms with Gasteiger partial charge in [0.15, 0.2) is 0 Å². The number of hydrogen-bond acceptors (Lipinski definition) is 4. The Kier molecular flexibility index (Phi) is 6.74. The monoisotopic (exact) mass is 493 g/mol. The predicted molar refractivity (Wildman–Crippen MR) is 136 cm³/mol. The molecular weight excluding hydrogens is 466 g/mol. The zero-order valence-corrected chi connectivity index (χ0v) is 20.0. The summed E-state index contributed by atoms with van der Waals surface area (Å²) < 4.78 is 0. The maximum Gasteiger partial charge on any atom is 0.251 e. The number of hydrogen-bond donors (Lipinski definition) is 4. The number of aromatic nitrogens is 1. The van der Waals surface area contributed by atoms with Crippen molar-refractivity contribution in [3.05, 3.63) is 64.8 Å². The summed E-state index contributed by atoms with van der Waals surface area (Å²) in [5.41, 5.74) is 2.66. The van der Waals surface area contributed by atoms with E-state index >= 15 is 0 Å². The second-order valence-corrected chi connectivity index (χ2v) is 9.51. The van der Waals surface area contributed by atoms with Gasteiger partial charge in [0.05, 0.1) is 17.1 Å². The average Bonchev–Trinajstić information content (AvgIpc) is 3.25. The first kappa shape index (κ1) is 23.4. The first-order valence-electron chi connectivity index (χ1n) is 12.0. The highest BCUT2D eigenvalue weighted by atomic mass is 35.5. The Balaban J connectivity index is 1.24. The van der Waals surface area contributed by atoms with Crippen LogP contribution in [0.1, 0.15) is 46.4 Å². The second kappa shape index (κ2) is 10.1. The van der Waals surface area contributed by atoms with Crippen molar-refractivity contribution in [1.29, 1.82) is 0 Å². The fraction of sp³-hybridized carbons (Fsp3) is 0.346. The second-order valence-electron chi connectivity index (χ2n) is 9.10. The molecule has 8 nitrogen and oxygen atoms in total. The smallest absolute Gasteiger partial charge is 0.251 e. The number of aromatic amines is 1. The first-order valence-corrected chi connectivity index (χ1v) is 12.4. The van der Waals surface area contributed by atoms with Gasteiger partial charge in [-0.2, -0.15) is 0 Å². The zero-order chi connectivity index (χ0) is 24.4. The van der Waals surface area contributed by atoms with Crippen LogP contribution in [0.2, 0.25) is 5.02 Å². The van der Waals surface area contributed by atoms with Gasteiger partial charge in [-0.3, -0.25) is 14.4 Å². The number of anilines is 1. The van der Waals surface area contributed by atoms with Crippen molar-refractivity contribution in [2.45, 2.75) is 37.8 Å². The van der Waals surface area contributed by atoms with Crippen molar-refractivity contribution in [2.75, 3.05) is 24.5 Å². The first-order chi connectivity index (χ1) is 17.0. The SMILES string of the molecule is O=C(NC1CCNCC1NC(=O)c1ccc(N2CCCCC2=O)cc1)c1ccc2c(Cl)c[nH]c2c1. The van der Waals surface area contributed by atoms with Crippen LogP contribution in [0.15, 0.2) is 48.7 Å². The molecule has 182 valence electrons. The van der Waals surface area contributed by atoms with Gasteiger partial charge in [0.2, 0.25) is 5.91 Å². The third-order valence-corrected chi connectivity index (χ3v) is 7.09. The number of carbonyl (C=O) groups is 3. The lowest BCUT2D eigenvalue weighted by Gasteiger charge is -2.33. The van der Waals surface area contributed by atoms with E-state index in [9.17, 15) is 14.4 Å². The van der Waals surface area contributed by atoms with E-state index in [0.29, 0.717) is 42.1 Å². The van der Waals surface area contributed by atoms with E-state index in [-0.39, 0.29) is 29.8 Å². The Morgan fingerprint density at radius 1 is 0.971 bits per heavy atom. The van der Waals surface area contributed by atoms with E-state index in [0.717, 1.165) is 36.0 Å². The van der Waals surface area contributed by atoms with Gasteiger partial charge < -0.3 is 25.8 Å². The molecule has 3 heterocycles. The lowest BCUT2D eigenvalue weighted by molar-refractivity contribution is -0.119. The third kappa shape index (κ3) is 5.04. The molecule has 2 unspecified atom stereocenters. The molecule has 3 aromatic rings. The number of nitrogens with one attached hydrogen (secondary N) is 4. The molecule has 2 atom stereocenters. The van der Waals surface area contributed by atoms with Gasteiger partial charge in [0.25, 0.3) is 11.8 Å². The molecule has 5 rings (SSSR count). The molecule has 2 aliphatic heterocycles. The highest BCUT2D eigenvalue weighted by molar-refractivity contribution is 6.35. The van der Waals surface area contributed by atoms with Gasteiger partial charge in [-0.25, -0.2) is 0 Å². The van der Waals surface area contributed by atoms with Crippen LogP contribution in [0.3, 0.4) is 0 Å². The van der Waals surface area contributed by atoms with Crippen molar-refractivity contribution in [1.82, 2.24) is 20.9 Å². The number of nitrogens with zero attached hydrogens (tertiary/aromatic N) is 1. The summed E-state index contributed by atoms with van der Waals surface area (Å²) >= 11 is 6.14. The highest BCUT2D eigenvalue weighted by Crippen LogP contribution is 2.24. The molecule has 0 radical (unpaired) electrons. The minimum absolute atomic E-state index is 0.124. The number of amides is 3. The normalized spacial score (nSPS) is 20.6. The van der Waals surface area contributed by atoms with E-state index in [4.69, 9.17) is 11.6 Å². The number of piperidine rings is 2. The fourth-order valence-electron chi connectivity index (χ4n) is 4.79. The molecule has 1 aromatic heterocycles. The van der Waals surface area contributed by atoms with Crippen LogP contribution in [0.4, 0.5) is 5.69 Å². The van der Waals surface area contributed by atoms with Crippen molar-refractivity contribution in [3.63, 3.8) is 0 Å². The van der Waals surface area contributed by atoms with Gasteiger partial charge >= 0.3 is 0 Å². The summed E-state index contributed by atoms with van der Waals surface area (Å²) in [7, 11) is 0. The molecule has 0 spiro atoms. The number of rotatable bonds is 5. The topological polar surface area (TPSA) is 106 Å². The fourth-order valence-corrected chi connectivity index (χ4v) is 5.01. The molecule has 0 aliphatic carbocycles. The number of fused-ring (bicyclic) bond motifs is 1. The highest BCUT2D eigenvalue weighted by Gasteiger charge is 2.28. The van der Waals surface area contributed by atoms with Gasteiger partial charge in [0, 0.05) is 53.4 Å². The lowest BCUT2D eigenvalue weighted by Crippen LogP contribution is -2.59. The molecule has 2 fully saturated rings. The van der Waals surface area contributed by atoms with Crippen LogP contribution in [0.25, 0.3) is 10.9 Å². The number of halogens is 1. The van der Waals surface area contributed by atoms with Gasteiger partial charge in [-0.1, -0.05) is 17.7 Å². The van der Waals surface area contributed by atoms with Crippen molar-refractivity contribution in [2.24, 2.45) is 0 Å². The maximum atomic E-state index is 13.0. The molecule has 9 heteroatoms. The standard InChI is InChI=1S/C26H28ClN5O3/c27-20-14-29-22-13-17(6-9-19(20)22)26(35)30-21-10-11-28-15-23(21)31-25(34)16-4-7-18(8-5-16)32-12-2-1-3-24(32)33/h4-9,13-14,21,23,28-29H,1-3,10-12,15H2,(H,30,35)(H,31,34). The van der Waals surface area contributed by atoms with Gasteiger partial charge in [0.1, 0.15) is 0 Å². The van der Waals surface area contributed by atoms with E-state index in [2.05, 4.69) is 20.9 Å². The van der Waals surface area contributed by atoms with Crippen LogP contribution < -0.4 is 20.9 Å². The van der Waals surface area contributed by atoms with Crippen LogP contribution in [0.5, 0.6) is 0 Å². The summed E-state index contributed by atoms with van der Waals surface area (Å²) in [5, 5.41) is 10.9. The summed E-state index contributed by atoms with van der Waals surface area (Å²) in [6, 6.07) is 12.0. The quantitative estimate of drug-likeness (QED) is 0.438. The Morgan fingerprint density at radius 2 is 1.71 bits per heavy atom. The van der Waals surface area contributed by atoms with Crippen LogP contribution in [-0.4, -0.2) is 54.4 Å². The third-order valence-electron chi connectivity index (χ3n) is 6.77. The predicted octanol–water partition coefficient (Wildman–Crippen LogP) is 3.23. The molecule has 35 heavy (non-hydrogen) atoms. The van der Waals surface area contributed by atoms with Crippen LogP contribution in [-0.2, 0) is 4.79 Å². The molecule has 2 aliphatic rings. The van der Waals surface area contributed by atoms with Crippen molar-refractivity contribution >= 4 is 45.9 Å². The minimum Gasteiger partial charge on any atom is -0.360 e. The molecule has 2 aromatic carbocycles. The van der Waals surface area contributed by atoms with Crippen molar-refractivity contribution in [3.8, 4) is 0 Å². The van der Waals surface area contributed by atoms with Gasteiger partial charge in [-0.15, -0.1) is 0 Å². The largest absolute Gasteiger partial charge is 0.360 e. The van der Waals surface area contributed by atoms with E-state index in [1.165, 1.54) is 0 Å². The molecule has 0 saturated carbocycles. The zero-order valence-electron chi connectivity index (χ0n) is 19.3. The maximum absolute atomic E-state index is 13.0. The number of H-pyrrole nitrogens is 1.